The standard InChI is InChI=1S/C15H20O2/c1-9-5-4-6-13-11(3)14(16)17-15(13)10(2)7-8-12(9)15/h10,12-13H,1,3-8H2,2H3/t10-,12-,13+,15+/m0/s1. The summed E-state index contributed by atoms with van der Waals surface area (Å²) in [5.74, 6) is 0.879. The molecule has 92 valence electrons. The number of rotatable bonds is 0. The van der Waals surface area contributed by atoms with E-state index in [1.165, 1.54) is 5.57 Å². The molecule has 2 saturated carbocycles. The average molecular weight is 232 g/mol. The highest BCUT2D eigenvalue weighted by atomic mass is 16.6. The van der Waals surface area contributed by atoms with Gasteiger partial charge in [-0.3, -0.25) is 0 Å². The van der Waals surface area contributed by atoms with E-state index in [1.807, 2.05) is 0 Å². The van der Waals surface area contributed by atoms with E-state index in [-0.39, 0.29) is 17.5 Å². The fourth-order valence-corrected chi connectivity index (χ4v) is 4.31. The molecule has 3 rings (SSSR count). The van der Waals surface area contributed by atoms with E-state index in [9.17, 15) is 4.79 Å². The maximum absolute atomic E-state index is 11.9. The largest absolute Gasteiger partial charge is 0.454 e. The second kappa shape index (κ2) is 3.47. The van der Waals surface area contributed by atoms with Gasteiger partial charge >= 0.3 is 5.97 Å². The van der Waals surface area contributed by atoms with Gasteiger partial charge in [0.2, 0.25) is 0 Å². The van der Waals surface area contributed by atoms with Gasteiger partial charge in [0, 0.05) is 17.4 Å². The molecule has 0 aromatic heterocycles. The van der Waals surface area contributed by atoms with E-state index >= 15 is 0 Å². The third-order valence-corrected chi connectivity index (χ3v) is 5.18. The van der Waals surface area contributed by atoms with Crippen LogP contribution < -0.4 is 0 Å². The molecule has 3 fully saturated rings. The Bertz CT molecular complexity index is 409. The summed E-state index contributed by atoms with van der Waals surface area (Å²) < 4.78 is 5.85. The van der Waals surface area contributed by atoms with Crippen LogP contribution in [0, 0.1) is 17.8 Å². The van der Waals surface area contributed by atoms with E-state index in [2.05, 4.69) is 20.1 Å². The minimum atomic E-state index is -0.290. The number of ether oxygens (including phenoxy) is 1. The first-order valence-electron chi connectivity index (χ1n) is 6.67. The Labute approximate surface area is 103 Å². The molecule has 0 aromatic carbocycles. The molecule has 1 heterocycles. The summed E-state index contributed by atoms with van der Waals surface area (Å²) in [4.78, 5) is 11.9. The first-order chi connectivity index (χ1) is 8.07. The van der Waals surface area contributed by atoms with Crippen molar-refractivity contribution < 1.29 is 9.53 Å². The summed E-state index contributed by atoms with van der Waals surface area (Å²) in [6.45, 7) is 10.4. The van der Waals surface area contributed by atoms with Gasteiger partial charge in [0.15, 0.2) is 0 Å². The highest BCUT2D eigenvalue weighted by Gasteiger charge is 2.62. The van der Waals surface area contributed by atoms with Gasteiger partial charge in [-0.25, -0.2) is 4.79 Å². The quantitative estimate of drug-likeness (QED) is 0.364. The molecule has 0 bridgehead atoms. The minimum absolute atomic E-state index is 0.163. The molecule has 2 heteroatoms. The van der Waals surface area contributed by atoms with Gasteiger partial charge in [-0.05, 0) is 38.0 Å². The van der Waals surface area contributed by atoms with Crippen molar-refractivity contribution in [1.29, 1.82) is 0 Å². The lowest BCUT2D eigenvalue weighted by molar-refractivity contribution is -0.154. The smallest absolute Gasteiger partial charge is 0.334 e. The molecule has 0 radical (unpaired) electrons. The molecule has 17 heavy (non-hydrogen) atoms. The van der Waals surface area contributed by atoms with Crippen LogP contribution in [0.4, 0.5) is 0 Å². The SMILES string of the molecule is C=C1C(=O)O[C@@]23[C@@H]1CCCC(=C)[C@@H]2CC[C@@H]3C. The zero-order valence-corrected chi connectivity index (χ0v) is 10.5. The van der Waals surface area contributed by atoms with Crippen LogP contribution in [0.2, 0.25) is 0 Å². The van der Waals surface area contributed by atoms with Gasteiger partial charge in [0.1, 0.15) is 5.60 Å². The zero-order chi connectivity index (χ0) is 12.2. The predicted molar refractivity (Wildman–Crippen MR) is 66.3 cm³/mol. The van der Waals surface area contributed by atoms with E-state index in [1.54, 1.807) is 0 Å². The Morgan fingerprint density at radius 1 is 1.24 bits per heavy atom. The van der Waals surface area contributed by atoms with Crippen LogP contribution in [0.3, 0.4) is 0 Å². The fraction of sp³-hybridized carbons (Fsp3) is 0.667. The summed E-state index contributed by atoms with van der Waals surface area (Å²) in [6.07, 6.45) is 5.49. The predicted octanol–water partition coefficient (Wildman–Crippen LogP) is 3.24. The van der Waals surface area contributed by atoms with Crippen molar-refractivity contribution in [3.63, 3.8) is 0 Å². The third kappa shape index (κ3) is 1.24. The second-order valence-corrected chi connectivity index (χ2v) is 5.90. The van der Waals surface area contributed by atoms with Crippen molar-refractivity contribution >= 4 is 5.97 Å². The van der Waals surface area contributed by atoms with Crippen LogP contribution in [0.5, 0.6) is 0 Å². The van der Waals surface area contributed by atoms with Crippen molar-refractivity contribution in [2.75, 3.05) is 0 Å². The number of carbonyl (C=O) groups is 1. The van der Waals surface area contributed by atoms with Gasteiger partial charge in [0.05, 0.1) is 0 Å². The number of hydrogen-bond donors (Lipinski definition) is 0. The molecule has 0 aromatic rings. The molecule has 1 aliphatic heterocycles. The molecule has 0 unspecified atom stereocenters. The van der Waals surface area contributed by atoms with Crippen molar-refractivity contribution in [2.24, 2.45) is 17.8 Å². The van der Waals surface area contributed by atoms with Crippen LogP contribution in [0.1, 0.15) is 39.0 Å². The zero-order valence-electron chi connectivity index (χ0n) is 10.5. The first kappa shape index (κ1) is 11.1. The molecular formula is C15H20O2. The van der Waals surface area contributed by atoms with Crippen molar-refractivity contribution in [3.05, 3.63) is 24.3 Å². The molecule has 3 aliphatic rings. The second-order valence-electron chi connectivity index (χ2n) is 5.90. The maximum Gasteiger partial charge on any atom is 0.334 e. The summed E-state index contributed by atoms with van der Waals surface area (Å²) in [5, 5.41) is 0. The van der Waals surface area contributed by atoms with E-state index < -0.39 is 0 Å². The lowest BCUT2D eigenvalue weighted by atomic mass is 9.72. The van der Waals surface area contributed by atoms with E-state index in [0.29, 0.717) is 17.4 Å². The summed E-state index contributed by atoms with van der Waals surface area (Å²) in [6, 6.07) is 0. The Balaban J connectivity index is 2.12. The Hall–Kier alpha value is -1.05. The maximum atomic E-state index is 11.9. The van der Waals surface area contributed by atoms with Crippen LogP contribution in [-0.2, 0) is 9.53 Å². The third-order valence-electron chi connectivity index (χ3n) is 5.18. The van der Waals surface area contributed by atoms with Crippen LogP contribution in [0.15, 0.2) is 24.3 Å². The van der Waals surface area contributed by atoms with Crippen LogP contribution in [0.25, 0.3) is 0 Å². The monoisotopic (exact) mass is 232 g/mol. The van der Waals surface area contributed by atoms with E-state index in [4.69, 9.17) is 4.74 Å². The number of hydrogen-bond acceptors (Lipinski definition) is 2. The molecule has 0 N–H and O–H groups in total. The number of esters is 1. The average Bonchev–Trinajstić information content (AvgIpc) is 2.67. The highest BCUT2D eigenvalue weighted by Crippen LogP contribution is 2.59. The summed E-state index contributed by atoms with van der Waals surface area (Å²) in [7, 11) is 0. The summed E-state index contributed by atoms with van der Waals surface area (Å²) >= 11 is 0. The van der Waals surface area contributed by atoms with Crippen LogP contribution in [-0.4, -0.2) is 11.6 Å². The number of carbonyl (C=O) groups excluding carboxylic acids is 1. The Morgan fingerprint density at radius 3 is 2.76 bits per heavy atom. The molecule has 2 aliphatic carbocycles. The van der Waals surface area contributed by atoms with E-state index in [0.717, 1.165) is 32.1 Å². The molecule has 1 saturated heterocycles. The van der Waals surface area contributed by atoms with Gasteiger partial charge in [0.25, 0.3) is 0 Å². The topological polar surface area (TPSA) is 26.3 Å². The first-order valence-corrected chi connectivity index (χ1v) is 6.67. The van der Waals surface area contributed by atoms with Crippen molar-refractivity contribution in [1.82, 2.24) is 0 Å². The van der Waals surface area contributed by atoms with Crippen molar-refractivity contribution in [3.8, 4) is 0 Å². The lowest BCUT2D eigenvalue weighted by Gasteiger charge is -2.37. The molecule has 1 spiro atoms. The van der Waals surface area contributed by atoms with Crippen molar-refractivity contribution in [2.45, 2.75) is 44.6 Å². The molecular weight excluding hydrogens is 212 g/mol. The normalized spacial score (nSPS) is 45.2. The highest BCUT2D eigenvalue weighted by molar-refractivity contribution is 5.91. The fourth-order valence-electron chi connectivity index (χ4n) is 4.31. The minimum Gasteiger partial charge on any atom is -0.454 e. The summed E-state index contributed by atoms with van der Waals surface area (Å²) in [5.41, 5.74) is 1.71. The van der Waals surface area contributed by atoms with Gasteiger partial charge in [-0.2, -0.15) is 0 Å². The van der Waals surface area contributed by atoms with Gasteiger partial charge in [-0.1, -0.05) is 25.7 Å². The van der Waals surface area contributed by atoms with Crippen LogP contribution >= 0.6 is 0 Å². The lowest BCUT2D eigenvalue weighted by Crippen LogP contribution is -2.44. The Morgan fingerprint density at radius 2 is 2.00 bits per heavy atom. The van der Waals surface area contributed by atoms with Gasteiger partial charge < -0.3 is 4.74 Å². The molecule has 4 atom stereocenters. The molecule has 2 nitrogen and oxygen atoms in total. The van der Waals surface area contributed by atoms with Gasteiger partial charge in [-0.15, -0.1) is 0 Å². The molecule has 0 amide bonds. The Kier molecular flexibility index (Phi) is 2.26.